The number of nitrogens with one attached hydrogen (secondary N) is 3. The third kappa shape index (κ3) is 7.86. The molecule has 0 radical (unpaired) electrons. The number of amides is 1. The van der Waals surface area contributed by atoms with Crippen LogP contribution in [0.4, 0.5) is 8.78 Å². The highest BCUT2D eigenvalue weighted by Crippen LogP contribution is 2.39. The van der Waals surface area contributed by atoms with Gasteiger partial charge in [0.25, 0.3) is 0 Å². The second-order valence-electron chi connectivity index (χ2n) is 7.14. The first kappa shape index (κ1) is 25.2. The Kier molecular flexibility index (Phi) is 10.3. The van der Waals surface area contributed by atoms with Crippen LogP contribution in [0.1, 0.15) is 44.6 Å². The van der Waals surface area contributed by atoms with Gasteiger partial charge in [-0.25, -0.2) is 4.99 Å². The first-order valence-electron chi connectivity index (χ1n) is 10.2. The molecule has 0 aromatic heterocycles. The van der Waals surface area contributed by atoms with Gasteiger partial charge >= 0.3 is 6.61 Å². The molecule has 0 unspecified atom stereocenters. The van der Waals surface area contributed by atoms with E-state index in [0.29, 0.717) is 29.6 Å². The van der Waals surface area contributed by atoms with E-state index in [2.05, 4.69) is 25.7 Å². The van der Waals surface area contributed by atoms with Gasteiger partial charge in [-0.3, -0.25) is 4.79 Å². The van der Waals surface area contributed by atoms with Gasteiger partial charge in [0.05, 0.1) is 13.1 Å². The number of carbonyl (C=O) groups excluding carboxylic acids is 1. The van der Waals surface area contributed by atoms with Crippen LogP contribution in [0.3, 0.4) is 0 Å². The maximum absolute atomic E-state index is 12.8. The normalized spacial score (nSPS) is 15.9. The average Bonchev–Trinajstić information content (AvgIpc) is 3.17. The fourth-order valence-corrected chi connectivity index (χ4v) is 3.49. The molecule has 8 nitrogen and oxygen atoms in total. The molecule has 1 aromatic carbocycles. The summed E-state index contributed by atoms with van der Waals surface area (Å²) in [6.07, 6.45) is 5.52. The Hall–Kier alpha value is -2.05. The zero-order valence-corrected chi connectivity index (χ0v) is 19.7. The highest BCUT2D eigenvalue weighted by atomic mass is 127. The lowest BCUT2D eigenvalue weighted by Gasteiger charge is -2.23. The molecule has 174 valence electrons. The Morgan fingerprint density at radius 3 is 2.58 bits per heavy atom. The molecule has 0 atom stereocenters. The Bertz CT molecular complexity index is 761. The van der Waals surface area contributed by atoms with Crippen LogP contribution in [0.2, 0.25) is 0 Å². The van der Waals surface area contributed by atoms with Crippen LogP contribution in [0.15, 0.2) is 17.1 Å². The van der Waals surface area contributed by atoms with Crippen LogP contribution in [-0.4, -0.2) is 44.4 Å². The number of hydrogen-bond acceptors (Lipinski definition) is 5. The average molecular weight is 554 g/mol. The number of halogens is 3. The van der Waals surface area contributed by atoms with E-state index in [0.717, 1.165) is 25.7 Å². The summed E-state index contributed by atoms with van der Waals surface area (Å²) in [6, 6.07) is 3.18. The van der Waals surface area contributed by atoms with E-state index in [1.54, 1.807) is 6.07 Å². The van der Waals surface area contributed by atoms with Gasteiger partial charge in [0.2, 0.25) is 12.7 Å². The van der Waals surface area contributed by atoms with Crippen molar-refractivity contribution in [2.45, 2.75) is 58.2 Å². The van der Waals surface area contributed by atoms with Gasteiger partial charge in [-0.1, -0.05) is 19.3 Å². The van der Waals surface area contributed by atoms with E-state index >= 15 is 0 Å². The summed E-state index contributed by atoms with van der Waals surface area (Å²) in [7, 11) is 0. The van der Waals surface area contributed by atoms with Gasteiger partial charge in [0.1, 0.15) is 5.75 Å². The Balaban J connectivity index is 0.00000341. The number of fused-ring (bicyclic) bond motifs is 1. The molecule has 1 aliphatic carbocycles. The molecule has 0 saturated heterocycles. The number of benzene rings is 1. The molecular formula is C20H29F2IN4O4. The maximum Gasteiger partial charge on any atom is 0.387 e. The lowest BCUT2D eigenvalue weighted by Crippen LogP contribution is -2.46. The predicted octanol–water partition coefficient (Wildman–Crippen LogP) is 3.14. The molecule has 31 heavy (non-hydrogen) atoms. The number of aliphatic imine (C=N–C) groups is 1. The predicted molar refractivity (Wildman–Crippen MR) is 122 cm³/mol. The topological polar surface area (TPSA) is 93.2 Å². The highest BCUT2D eigenvalue weighted by Gasteiger charge is 2.20. The van der Waals surface area contributed by atoms with Crippen molar-refractivity contribution in [2.75, 3.05) is 19.9 Å². The summed E-state index contributed by atoms with van der Waals surface area (Å²) in [5.41, 5.74) is 0.420. The third-order valence-electron chi connectivity index (χ3n) is 4.91. The molecule has 2 aliphatic rings. The van der Waals surface area contributed by atoms with Crippen LogP contribution < -0.4 is 30.2 Å². The number of nitrogens with zero attached hydrogens (tertiary/aromatic N) is 1. The molecule has 1 amide bonds. The molecule has 11 heteroatoms. The number of ether oxygens (including phenoxy) is 3. The van der Waals surface area contributed by atoms with Crippen molar-refractivity contribution >= 4 is 35.8 Å². The largest absolute Gasteiger partial charge is 0.454 e. The maximum atomic E-state index is 12.8. The first-order valence-corrected chi connectivity index (χ1v) is 10.2. The minimum absolute atomic E-state index is 0. The van der Waals surface area contributed by atoms with Crippen molar-refractivity contribution < 1.29 is 27.8 Å². The third-order valence-corrected chi connectivity index (χ3v) is 4.91. The summed E-state index contributed by atoms with van der Waals surface area (Å²) in [5, 5.41) is 9.04. The van der Waals surface area contributed by atoms with Crippen molar-refractivity contribution in [1.82, 2.24) is 16.0 Å². The summed E-state index contributed by atoms with van der Waals surface area (Å²) in [5.74, 6) is 1.08. The van der Waals surface area contributed by atoms with Crippen LogP contribution in [0, 0.1) is 0 Å². The fourth-order valence-electron chi connectivity index (χ4n) is 3.49. The molecule has 3 rings (SSSR count). The zero-order valence-electron chi connectivity index (χ0n) is 17.4. The van der Waals surface area contributed by atoms with Crippen molar-refractivity contribution in [1.29, 1.82) is 0 Å². The van der Waals surface area contributed by atoms with E-state index in [9.17, 15) is 13.6 Å². The van der Waals surface area contributed by atoms with Crippen molar-refractivity contribution in [3.05, 3.63) is 17.7 Å². The Labute approximate surface area is 197 Å². The van der Waals surface area contributed by atoms with Crippen molar-refractivity contribution in [3.8, 4) is 17.2 Å². The number of rotatable bonds is 8. The summed E-state index contributed by atoms with van der Waals surface area (Å²) in [6.45, 7) is -0.343. The lowest BCUT2D eigenvalue weighted by molar-refractivity contribution is -0.120. The van der Waals surface area contributed by atoms with Crippen molar-refractivity contribution in [3.63, 3.8) is 0 Å². The van der Waals surface area contributed by atoms with Crippen LogP contribution in [0.5, 0.6) is 17.2 Å². The minimum atomic E-state index is -2.97. The fraction of sp³-hybridized carbons (Fsp3) is 0.600. The monoisotopic (exact) mass is 554 g/mol. The van der Waals surface area contributed by atoms with Gasteiger partial charge < -0.3 is 30.2 Å². The quantitative estimate of drug-likeness (QED) is 0.260. The standard InChI is InChI=1S/C20H28F2N4O4.HI/c1-2-23-20(25-11-18(27)26-14-6-4-3-5-7-14)24-10-13-8-16-17(29-12-28-16)9-15(13)30-19(21)22;/h8-9,14,19H,2-7,10-12H2,1H3,(H,26,27)(H2,23,24,25);1H. The number of hydrogen-bond donors (Lipinski definition) is 3. The van der Waals surface area contributed by atoms with Crippen LogP contribution in [0.25, 0.3) is 0 Å². The summed E-state index contributed by atoms with van der Waals surface area (Å²) < 4.78 is 40.7. The molecule has 1 heterocycles. The summed E-state index contributed by atoms with van der Waals surface area (Å²) in [4.78, 5) is 16.6. The number of carbonyl (C=O) groups is 1. The number of alkyl halides is 2. The highest BCUT2D eigenvalue weighted by molar-refractivity contribution is 14.0. The van der Waals surface area contributed by atoms with Crippen LogP contribution in [-0.2, 0) is 11.3 Å². The van der Waals surface area contributed by atoms with E-state index in [4.69, 9.17) is 9.47 Å². The summed E-state index contributed by atoms with van der Waals surface area (Å²) >= 11 is 0. The van der Waals surface area contributed by atoms with E-state index in [-0.39, 0.29) is 61.6 Å². The van der Waals surface area contributed by atoms with Gasteiger partial charge in [-0.2, -0.15) is 8.78 Å². The van der Waals surface area contributed by atoms with Gasteiger partial charge in [-0.05, 0) is 25.8 Å². The van der Waals surface area contributed by atoms with E-state index < -0.39 is 6.61 Å². The molecule has 0 bridgehead atoms. The Morgan fingerprint density at radius 1 is 1.19 bits per heavy atom. The van der Waals surface area contributed by atoms with Gasteiger partial charge in [0, 0.05) is 24.2 Å². The molecule has 3 N–H and O–H groups in total. The second kappa shape index (κ2) is 12.7. The lowest BCUT2D eigenvalue weighted by atomic mass is 9.95. The molecule has 0 spiro atoms. The molecular weight excluding hydrogens is 525 g/mol. The smallest absolute Gasteiger partial charge is 0.387 e. The minimum Gasteiger partial charge on any atom is -0.454 e. The Morgan fingerprint density at radius 2 is 1.90 bits per heavy atom. The van der Waals surface area contributed by atoms with Crippen LogP contribution >= 0.6 is 24.0 Å². The van der Waals surface area contributed by atoms with Gasteiger partial charge in [0.15, 0.2) is 17.5 Å². The van der Waals surface area contributed by atoms with Gasteiger partial charge in [-0.15, -0.1) is 24.0 Å². The molecule has 1 aromatic rings. The van der Waals surface area contributed by atoms with Crippen molar-refractivity contribution in [2.24, 2.45) is 4.99 Å². The SMILES string of the molecule is CCNC(=NCc1cc2c(cc1OC(F)F)OCO2)NCC(=O)NC1CCCCC1.I. The number of guanidine groups is 1. The second-order valence-corrected chi connectivity index (χ2v) is 7.14. The zero-order chi connectivity index (χ0) is 21.3. The van der Waals surface area contributed by atoms with E-state index in [1.807, 2.05) is 6.92 Å². The molecule has 1 fully saturated rings. The molecule has 1 saturated carbocycles. The molecule has 1 aliphatic heterocycles. The van der Waals surface area contributed by atoms with E-state index in [1.165, 1.54) is 12.5 Å². The first-order chi connectivity index (χ1) is 14.5.